The summed E-state index contributed by atoms with van der Waals surface area (Å²) in [5.74, 6) is 6.88. The maximum absolute atomic E-state index is 2.81. The summed E-state index contributed by atoms with van der Waals surface area (Å²) in [5.41, 5.74) is 0. The van der Waals surface area contributed by atoms with Gasteiger partial charge in [0.1, 0.15) is 0 Å². The van der Waals surface area contributed by atoms with Crippen molar-refractivity contribution in [2.75, 3.05) is 24.0 Å². The molecule has 0 amide bonds. The molecule has 0 bridgehead atoms. The summed E-state index contributed by atoms with van der Waals surface area (Å²) >= 11 is 0. The Bertz CT molecular complexity index is 344. The molecule has 4 atom stereocenters. The fraction of sp³-hybridized carbons (Fsp3) is 1.00. The van der Waals surface area contributed by atoms with Gasteiger partial charge in [0.05, 0.1) is 0 Å². The van der Waals surface area contributed by atoms with Crippen LogP contribution in [0, 0.1) is 17.8 Å². The lowest BCUT2D eigenvalue weighted by molar-refractivity contribution is 0.481. The Labute approximate surface area is 87.1 Å². The van der Waals surface area contributed by atoms with Gasteiger partial charge < -0.3 is 0 Å². The van der Waals surface area contributed by atoms with Crippen LogP contribution >= 0.6 is 8.29 Å². The van der Waals surface area contributed by atoms with Gasteiger partial charge >= 0.3 is 0 Å². The molecule has 2 aliphatic carbocycles. The van der Waals surface area contributed by atoms with Crippen molar-refractivity contribution >= 4 is 8.29 Å². The van der Waals surface area contributed by atoms with Crippen LogP contribution in [0.4, 0.5) is 0 Å². The Hall–Kier alpha value is 0.350. The van der Waals surface area contributed by atoms with Gasteiger partial charge in [-0.3, -0.25) is 8.29 Å². The van der Waals surface area contributed by atoms with Crippen molar-refractivity contribution in [2.45, 2.75) is 36.7 Å². The molecular weight excluding hydrogens is 188 g/mol. The maximum atomic E-state index is 2.81. The van der Waals surface area contributed by atoms with Crippen LogP contribution < -0.4 is 0 Å². The predicted molar refractivity (Wildman–Crippen MR) is 66.7 cm³/mol. The van der Waals surface area contributed by atoms with Gasteiger partial charge in [0, 0.05) is 0 Å². The van der Waals surface area contributed by atoms with E-state index in [1.165, 1.54) is 22.3 Å². The quantitative estimate of drug-likeness (QED) is 0.627. The topological polar surface area (TPSA) is 0 Å². The summed E-state index contributed by atoms with van der Waals surface area (Å²) in [6.45, 7) is 2.55. The van der Waals surface area contributed by atoms with Gasteiger partial charge in [0.25, 0.3) is 0 Å². The van der Waals surface area contributed by atoms with Gasteiger partial charge in [0.2, 0.25) is 0 Å². The van der Waals surface area contributed by atoms with E-state index in [0.29, 0.717) is 0 Å². The summed E-state index contributed by atoms with van der Waals surface area (Å²) in [6.07, 6.45) is 10.4. The van der Waals surface area contributed by atoms with Gasteiger partial charge in [-0.25, -0.2) is 0 Å². The van der Waals surface area contributed by atoms with Gasteiger partial charge in [0.15, 0.2) is 0 Å². The molecule has 2 saturated carbocycles. The maximum Gasteiger partial charge on any atom is -0.0147 e. The molecule has 4 unspecified atom stereocenters. The highest BCUT2D eigenvalue weighted by Crippen LogP contribution is 3.10. The number of fused-ring (bicyclic) bond motifs is 1. The van der Waals surface area contributed by atoms with E-state index in [4.69, 9.17) is 0 Å². The number of hydrogen-bond donors (Lipinski definition) is 0. The van der Waals surface area contributed by atoms with E-state index in [1.54, 1.807) is 30.8 Å². The molecule has 0 aromatic carbocycles. The minimum absolute atomic E-state index is 1.09. The Morgan fingerprint density at radius 2 is 1.79 bits per heavy atom. The van der Waals surface area contributed by atoms with Gasteiger partial charge in [-0.05, 0) is 65.1 Å². The molecule has 1 heteroatoms. The van der Waals surface area contributed by atoms with Crippen molar-refractivity contribution in [1.29, 1.82) is 0 Å². The standard InChI is InChI=1S/C13H24S/c1-9-7-14(2,3,10-5-4-6-10)8-11-12(9)13(11)14/h9-13H,4-8H2,1-3H3. The molecule has 0 spiro atoms. The Morgan fingerprint density at radius 3 is 2.14 bits per heavy atom. The van der Waals surface area contributed by atoms with Crippen LogP contribution in [0.15, 0.2) is 0 Å². The molecule has 2 saturated heterocycles. The molecule has 2 aliphatic heterocycles. The lowest BCUT2D eigenvalue weighted by atomic mass is 10.00. The summed E-state index contributed by atoms with van der Waals surface area (Å²) in [5, 5.41) is 2.46. The first-order valence-corrected chi connectivity index (χ1v) is 10.1. The summed E-state index contributed by atoms with van der Waals surface area (Å²) in [4.78, 5) is 0. The minimum atomic E-state index is -1.47. The van der Waals surface area contributed by atoms with Crippen LogP contribution in [0.25, 0.3) is 0 Å². The van der Waals surface area contributed by atoms with Crippen molar-refractivity contribution in [3.63, 3.8) is 0 Å². The normalized spacial score (nSPS) is 64.5. The first-order valence-electron chi connectivity index (χ1n) is 6.41. The third-order valence-electron chi connectivity index (χ3n) is 7.02. The van der Waals surface area contributed by atoms with E-state index in [9.17, 15) is 0 Å². The summed E-state index contributed by atoms with van der Waals surface area (Å²) in [7, 11) is -1.47. The van der Waals surface area contributed by atoms with E-state index in [1.807, 2.05) is 0 Å². The Morgan fingerprint density at radius 1 is 1.07 bits per heavy atom. The zero-order chi connectivity index (χ0) is 9.83. The summed E-state index contributed by atoms with van der Waals surface area (Å²) in [6, 6.07) is 0. The summed E-state index contributed by atoms with van der Waals surface area (Å²) < 4.78 is 0. The molecule has 0 nitrogen and oxygen atoms in total. The third-order valence-corrected chi connectivity index (χ3v) is 16.5. The van der Waals surface area contributed by atoms with Gasteiger partial charge in [-0.2, -0.15) is 0 Å². The van der Waals surface area contributed by atoms with E-state index in [-0.39, 0.29) is 0 Å². The van der Waals surface area contributed by atoms with Crippen LogP contribution in [0.3, 0.4) is 0 Å². The zero-order valence-corrected chi connectivity index (χ0v) is 10.6. The van der Waals surface area contributed by atoms with Crippen LogP contribution in [0.5, 0.6) is 0 Å². The van der Waals surface area contributed by atoms with Crippen molar-refractivity contribution < 1.29 is 0 Å². The van der Waals surface area contributed by atoms with E-state index in [0.717, 1.165) is 5.92 Å². The fourth-order valence-electron chi connectivity index (χ4n) is 6.49. The molecule has 4 rings (SSSR count). The molecule has 0 aromatic rings. The highest BCUT2D eigenvalue weighted by molar-refractivity contribution is 8.66. The van der Waals surface area contributed by atoms with Crippen LogP contribution in [-0.4, -0.2) is 34.5 Å². The van der Waals surface area contributed by atoms with Crippen LogP contribution in [0.2, 0.25) is 0 Å². The molecule has 0 aromatic heterocycles. The average molecular weight is 212 g/mol. The first kappa shape index (κ1) is 8.50. The average Bonchev–Trinajstić information content (AvgIpc) is 2.48. The second kappa shape index (κ2) is 1.63. The molecule has 0 N–H and O–H groups in total. The molecule has 0 radical (unpaired) electrons. The lowest BCUT2D eigenvalue weighted by Gasteiger charge is -2.86. The largest absolute Gasteiger partial charge is 0.273 e. The van der Waals surface area contributed by atoms with E-state index in [2.05, 4.69) is 19.4 Å². The van der Waals surface area contributed by atoms with E-state index < -0.39 is 8.29 Å². The highest BCUT2D eigenvalue weighted by Gasteiger charge is 2.88. The van der Waals surface area contributed by atoms with Crippen molar-refractivity contribution in [3.05, 3.63) is 0 Å². The predicted octanol–water partition coefficient (Wildman–Crippen LogP) is 2.95. The Balaban J connectivity index is 1.87. The van der Waals surface area contributed by atoms with Crippen molar-refractivity contribution in [3.8, 4) is 0 Å². The molecule has 4 aliphatic rings. The monoisotopic (exact) mass is 212 g/mol. The second-order valence-electron chi connectivity index (χ2n) is 8.08. The van der Waals surface area contributed by atoms with Gasteiger partial charge in [-0.1, -0.05) is 13.3 Å². The molecule has 4 fully saturated rings. The Kier molecular flexibility index (Phi) is 0.989. The van der Waals surface area contributed by atoms with Crippen molar-refractivity contribution in [2.24, 2.45) is 17.8 Å². The SMILES string of the molecule is CC1CS2(C)(C)(C3CCC3)CC3C1C32. The highest BCUT2D eigenvalue weighted by atomic mass is 32.4. The second-order valence-corrected chi connectivity index (χ2v) is 17.0. The third kappa shape index (κ3) is 0.539. The molecular formula is C13H24S. The van der Waals surface area contributed by atoms with Crippen LogP contribution in [-0.2, 0) is 0 Å². The first-order chi connectivity index (χ1) is 6.41. The van der Waals surface area contributed by atoms with Crippen LogP contribution in [0.1, 0.15) is 26.2 Å². The number of rotatable bonds is 1. The number of hydrogen-bond acceptors (Lipinski definition) is 0. The lowest BCUT2D eigenvalue weighted by Crippen LogP contribution is -2.61. The minimum Gasteiger partial charge on any atom is -0.273 e. The smallest absolute Gasteiger partial charge is 0.0147 e. The van der Waals surface area contributed by atoms with Gasteiger partial charge in [-0.15, -0.1) is 0 Å². The fourth-order valence-corrected chi connectivity index (χ4v) is 17.4. The van der Waals surface area contributed by atoms with Crippen molar-refractivity contribution in [1.82, 2.24) is 0 Å². The molecule has 82 valence electrons. The van der Waals surface area contributed by atoms with E-state index >= 15 is 0 Å². The zero-order valence-electron chi connectivity index (χ0n) is 9.83. The molecule has 14 heavy (non-hydrogen) atoms. The molecule has 2 heterocycles.